The molecule has 0 spiro atoms. The van der Waals surface area contributed by atoms with Gasteiger partial charge in [0.05, 0.1) is 24.3 Å². The average molecular weight is 275 g/mol. The van der Waals surface area contributed by atoms with Gasteiger partial charge in [0.1, 0.15) is 0 Å². The Bertz CT molecular complexity index is 380. The maximum Gasteiger partial charge on any atom is 0.0645 e. The van der Waals surface area contributed by atoms with E-state index in [0.717, 1.165) is 24.8 Å². The van der Waals surface area contributed by atoms with Crippen molar-refractivity contribution in [2.75, 3.05) is 26.3 Å². The first-order chi connectivity index (χ1) is 8.04. The molecule has 0 saturated carbocycles. The molecule has 0 radical (unpaired) electrons. The van der Waals surface area contributed by atoms with Crippen LogP contribution in [-0.2, 0) is 4.74 Å². The highest BCUT2D eigenvalue weighted by Crippen LogP contribution is 2.34. The molecule has 5 heteroatoms. The molecule has 2 heterocycles. The molecule has 1 atom stereocenters. The normalized spacial score (nSPS) is 22.6. The monoisotopic (exact) mass is 274 g/mol. The second-order valence-electron chi connectivity index (χ2n) is 4.98. The fourth-order valence-electron chi connectivity index (χ4n) is 2.35. The number of nitrogens with zero attached hydrogens (tertiary/aromatic N) is 1. The molecule has 0 amide bonds. The van der Waals surface area contributed by atoms with Gasteiger partial charge in [0.2, 0.25) is 0 Å². The van der Waals surface area contributed by atoms with Crippen molar-refractivity contribution in [1.29, 1.82) is 0 Å². The van der Waals surface area contributed by atoms with E-state index in [2.05, 4.69) is 18.7 Å². The highest BCUT2D eigenvalue weighted by atomic mass is 35.5. The van der Waals surface area contributed by atoms with Gasteiger partial charge in [-0.05, 0) is 19.9 Å². The lowest BCUT2D eigenvalue weighted by Gasteiger charge is -2.46. The summed E-state index contributed by atoms with van der Waals surface area (Å²) < 4.78 is 5.55. The Morgan fingerprint density at radius 3 is 2.94 bits per heavy atom. The maximum absolute atomic E-state index is 6.00. The molecule has 1 aliphatic rings. The third kappa shape index (κ3) is 2.83. The molecule has 0 bridgehead atoms. The van der Waals surface area contributed by atoms with E-state index in [4.69, 9.17) is 22.1 Å². The Balaban J connectivity index is 2.22. The maximum atomic E-state index is 6.00. The summed E-state index contributed by atoms with van der Waals surface area (Å²) in [5.41, 5.74) is 5.97. The van der Waals surface area contributed by atoms with Crippen molar-refractivity contribution in [3.05, 3.63) is 21.3 Å². The summed E-state index contributed by atoms with van der Waals surface area (Å²) >= 11 is 7.68. The molecule has 0 aromatic carbocycles. The molecule has 1 unspecified atom stereocenters. The first-order valence-electron chi connectivity index (χ1n) is 5.83. The number of hydrogen-bond acceptors (Lipinski definition) is 4. The van der Waals surface area contributed by atoms with Crippen LogP contribution in [0.1, 0.15) is 24.8 Å². The molecule has 1 saturated heterocycles. The lowest BCUT2D eigenvalue weighted by molar-refractivity contribution is -0.0706. The molecular weight excluding hydrogens is 256 g/mol. The van der Waals surface area contributed by atoms with E-state index < -0.39 is 0 Å². The van der Waals surface area contributed by atoms with Gasteiger partial charge in [-0.15, -0.1) is 11.3 Å². The Morgan fingerprint density at radius 2 is 2.41 bits per heavy atom. The molecule has 0 aliphatic carbocycles. The topological polar surface area (TPSA) is 38.5 Å². The van der Waals surface area contributed by atoms with Crippen molar-refractivity contribution in [2.45, 2.75) is 25.4 Å². The molecule has 17 heavy (non-hydrogen) atoms. The molecule has 2 rings (SSSR count). The zero-order valence-electron chi connectivity index (χ0n) is 10.3. The minimum Gasteiger partial charge on any atom is -0.378 e. The van der Waals surface area contributed by atoms with Crippen molar-refractivity contribution in [3.63, 3.8) is 0 Å². The average Bonchev–Trinajstić information content (AvgIpc) is 2.68. The van der Waals surface area contributed by atoms with Crippen LogP contribution in [0.25, 0.3) is 0 Å². The quantitative estimate of drug-likeness (QED) is 0.920. The third-order valence-corrected chi connectivity index (χ3v) is 4.61. The lowest BCUT2D eigenvalue weighted by atomic mass is 9.99. The van der Waals surface area contributed by atoms with Crippen LogP contribution >= 0.6 is 22.9 Å². The van der Waals surface area contributed by atoms with E-state index in [1.807, 2.05) is 11.4 Å². The van der Waals surface area contributed by atoms with E-state index >= 15 is 0 Å². The van der Waals surface area contributed by atoms with Crippen molar-refractivity contribution in [3.8, 4) is 0 Å². The fraction of sp³-hybridized carbons (Fsp3) is 0.667. The second-order valence-corrected chi connectivity index (χ2v) is 6.36. The Labute approximate surface area is 112 Å². The van der Waals surface area contributed by atoms with Crippen molar-refractivity contribution in [1.82, 2.24) is 4.90 Å². The smallest absolute Gasteiger partial charge is 0.0645 e. The van der Waals surface area contributed by atoms with Gasteiger partial charge in [0.25, 0.3) is 0 Å². The standard InChI is InChI=1S/C12H19ClN2OS/c1-12(2)8-16-4-3-15(12)10(6-14)11-5-9(13)7-17-11/h5,7,10H,3-4,6,8,14H2,1-2H3. The number of ether oxygens (including phenoxy) is 1. The predicted molar refractivity (Wildman–Crippen MR) is 72.7 cm³/mol. The van der Waals surface area contributed by atoms with Crippen LogP contribution in [-0.4, -0.2) is 36.7 Å². The van der Waals surface area contributed by atoms with Gasteiger partial charge in [-0.1, -0.05) is 11.6 Å². The first-order valence-corrected chi connectivity index (χ1v) is 7.09. The molecule has 1 aromatic heterocycles. The fourth-order valence-corrected chi connectivity index (χ4v) is 3.56. The van der Waals surface area contributed by atoms with Crippen LogP contribution < -0.4 is 5.73 Å². The molecule has 1 aliphatic heterocycles. The van der Waals surface area contributed by atoms with Crippen LogP contribution in [0.5, 0.6) is 0 Å². The lowest BCUT2D eigenvalue weighted by Crippen LogP contribution is -2.55. The summed E-state index contributed by atoms with van der Waals surface area (Å²) in [6, 6.07) is 2.27. The first kappa shape index (κ1) is 13.3. The summed E-state index contributed by atoms with van der Waals surface area (Å²) in [6.07, 6.45) is 0. The van der Waals surface area contributed by atoms with E-state index in [1.54, 1.807) is 11.3 Å². The zero-order chi connectivity index (χ0) is 12.5. The summed E-state index contributed by atoms with van der Waals surface area (Å²) in [5, 5.41) is 2.77. The van der Waals surface area contributed by atoms with Gasteiger partial charge in [-0.2, -0.15) is 0 Å². The largest absolute Gasteiger partial charge is 0.378 e. The van der Waals surface area contributed by atoms with E-state index in [1.165, 1.54) is 4.88 Å². The molecule has 3 nitrogen and oxygen atoms in total. The number of morpholine rings is 1. The van der Waals surface area contributed by atoms with E-state index in [-0.39, 0.29) is 11.6 Å². The van der Waals surface area contributed by atoms with Crippen molar-refractivity contribution < 1.29 is 4.74 Å². The van der Waals surface area contributed by atoms with E-state index in [0.29, 0.717) is 6.54 Å². The van der Waals surface area contributed by atoms with Crippen LogP contribution in [0.2, 0.25) is 5.02 Å². The van der Waals surface area contributed by atoms with Crippen LogP contribution in [0.15, 0.2) is 11.4 Å². The molecule has 96 valence electrons. The summed E-state index contributed by atoms with van der Waals surface area (Å²) in [5.74, 6) is 0. The van der Waals surface area contributed by atoms with Gasteiger partial charge in [-0.3, -0.25) is 4.90 Å². The van der Waals surface area contributed by atoms with Gasteiger partial charge in [0, 0.05) is 28.9 Å². The number of nitrogens with two attached hydrogens (primary N) is 1. The third-order valence-electron chi connectivity index (χ3n) is 3.22. The Hall–Kier alpha value is -0.130. The number of hydrogen-bond donors (Lipinski definition) is 1. The summed E-state index contributed by atoms with van der Waals surface area (Å²) in [6.45, 7) is 7.46. The van der Waals surface area contributed by atoms with E-state index in [9.17, 15) is 0 Å². The number of thiophene rings is 1. The van der Waals surface area contributed by atoms with Crippen molar-refractivity contribution >= 4 is 22.9 Å². The highest BCUT2D eigenvalue weighted by Gasteiger charge is 2.36. The van der Waals surface area contributed by atoms with Crippen LogP contribution in [0.4, 0.5) is 0 Å². The number of rotatable bonds is 3. The molecule has 1 fully saturated rings. The molecule has 1 aromatic rings. The summed E-state index contributed by atoms with van der Waals surface area (Å²) in [4.78, 5) is 3.67. The minimum absolute atomic E-state index is 0.0265. The highest BCUT2D eigenvalue weighted by molar-refractivity contribution is 7.10. The van der Waals surface area contributed by atoms with Gasteiger partial charge in [0.15, 0.2) is 0 Å². The SMILES string of the molecule is CC1(C)COCCN1C(CN)c1cc(Cl)cs1. The minimum atomic E-state index is 0.0265. The van der Waals surface area contributed by atoms with Crippen molar-refractivity contribution in [2.24, 2.45) is 5.73 Å². The van der Waals surface area contributed by atoms with Gasteiger partial charge >= 0.3 is 0 Å². The van der Waals surface area contributed by atoms with Gasteiger partial charge in [-0.25, -0.2) is 0 Å². The molecule has 2 N–H and O–H groups in total. The number of halogens is 1. The zero-order valence-corrected chi connectivity index (χ0v) is 11.9. The summed E-state index contributed by atoms with van der Waals surface area (Å²) in [7, 11) is 0. The Kier molecular flexibility index (Phi) is 4.10. The molecular formula is C12H19ClN2OS. The second kappa shape index (κ2) is 5.24. The van der Waals surface area contributed by atoms with Crippen LogP contribution in [0.3, 0.4) is 0 Å². The van der Waals surface area contributed by atoms with Gasteiger partial charge < -0.3 is 10.5 Å². The predicted octanol–water partition coefficient (Wildman–Crippen LogP) is 2.51. The Morgan fingerprint density at radius 1 is 1.65 bits per heavy atom. The van der Waals surface area contributed by atoms with Crippen LogP contribution in [0, 0.1) is 0 Å².